The first-order valence-corrected chi connectivity index (χ1v) is 12.3. The highest BCUT2D eigenvalue weighted by Gasteiger charge is 2.36. The van der Waals surface area contributed by atoms with Crippen LogP contribution >= 0.6 is 0 Å². The van der Waals surface area contributed by atoms with E-state index < -0.39 is 15.9 Å². The first-order valence-electron chi connectivity index (χ1n) is 10.5. The van der Waals surface area contributed by atoms with Crippen molar-refractivity contribution in [2.75, 3.05) is 36.5 Å². The Morgan fingerprint density at radius 2 is 1.72 bits per heavy atom. The average Bonchev–Trinajstić information content (AvgIpc) is 3.39. The molecule has 0 bridgehead atoms. The molecule has 0 radical (unpaired) electrons. The Morgan fingerprint density at radius 3 is 2.45 bits per heavy atom. The molecule has 29 heavy (non-hydrogen) atoms. The van der Waals surface area contributed by atoms with Crippen molar-refractivity contribution < 1.29 is 22.5 Å². The van der Waals surface area contributed by atoms with E-state index in [0.717, 1.165) is 31.4 Å². The van der Waals surface area contributed by atoms with Crippen molar-refractivity contribution in [3.05, 3.63) is 11.8 Å². The normalized spacial score (nSPS) is 25.2. The van der Waals surface area contributed by atoms with Crippen LogP contribution in [0.2, 0.25) is 0 Å². The topological polar surface area (TPSA) is 113 Å². The van der Waals surface area contributed by atoms with Crippen molar-refractivity contribution in [1.82, 2.24) is 15.0 Å². The van der Waals surface area contributed by atoms with Gasteiger partial charge in [0.1, 0.15) is 6.04 Å². The first kappa shape index (κ1) is 20.2. The van der Waals surface area contributed by atoms with Crippen molar-refractivity contribution in [2.24, 2.45) is 0 Å². The van der Waals surface area contributed by atoms with Crippen LogP contribution in [-0.4, -0.2) is 72.5 Å². The quantitative estimate of drug-likeness (QED) is 0.794. The lowest BCUT2D eigenvalue weighted by molar-refractivity contribution is -0.121. The lowest BCUT2D eigenvalue weighted by atomic mass is 10.0. The van der Waals surface area contributed by atoms with Crippen molar-refractivity contribution in [3.8, 4) is 0 Å². The molecule has 3 amide bonds. The molecule has 1 aliphatic carbocycles. The third-order valence-electron chi connectivity index (χ3n) is 6.21. The molecule has 1 saturated carbocycles. The Kier molecular flexibility index (Phi) is 5.80. The summed E-state index contributed by atoms with van der Waals surface area (Å²) in [5.74, 6) is 0.389. The number of sulfone groups is 1. The summed E-state index contributed by atoms with van der Waals surface area (Å²) in [6, 6.07) is 0.942. The lowest BCUT2D eigenvalue weighted by Gasteiger charge is -2.39. The highest BCUT2D eigenvalue weighted by atomic mass is 32.2. The molecule has 1 aromatic rings. The van der Waals surface area contributed by atoms with Gasteiger partial charge in [0.2, 0.25) is 11.8 Å². The van der Waals surface area contributed by atoms with Crippen LogP contribution in [-0.2, 0) is 14.6 Å². The highest BCUT2D eigenvalue weighted by Crippen LogP contribution is 2.34. The second-order valence-corrected chi connectivity index (χ2v) is 10.5. The smallest absolute Gasteiger partial charge is 0.320 e. The number of hydrogen-bond acceptors (Lipinski definition) is 6. The number of urea groups is 1. The van der Waals surface area contributed by atoms with Crippen LogP contribution in [0.25, 0.3) is 0 Å². The van der Waals surface area contributed by atoms with Gasteiger partial charge in [-0.2, -0.15) is 0 Å². The van der Waals surface area contributed by atoms with Crippen LogP contribution < -0.4 is 5.32 Å². The summed E-state index contributed by atoms with van der Waals surface area (Å²) >= 11 is 0. The van der Waals surface area contributed by atoms with E-state index in [2.05, 4.69) is 10.5 Å². The Hall–Kier alpha value is -2.10. The number of nitrogens with zero attached hydrogens (tertiary/aromatic N) is 3. The number of rotatable bonds is 3. The van der Waals surface area contributed by atoms with Crippen LogP contribution in [0.5, 0.6) is 0 Å². The summed E-state index contributed by atoms with van der Waals surface area (Å²) < 4.78 is 28.6. The summed E-state index contributed by atoms with van der Waals surface area (Å²) in [7, 11) is -3.07. The Morgan fingerprint density at radius 1 is 1.03 bits per heavy atom. The van der Waals surface area contributed by atoms with Crippen LogP contribution in [0, 0.1) is 0 Å². The van der Waals surface area contributed by atoms with E-state index in [1.807, 2.05) is 0 Å². The van der Waals surface area contributed by atoms with E-state index >= 15 is 0 Å². The molecule has 3 fully saturated rings. The van der Waals surface area contributed by atoms with Gasteiger partial charge in [0.25, 0.3) is 0 Å². The van der Waals surface area contributed by atoms with Gasteiger partial charge in [0, 0.05) is 31.6 Å². The third kappa shape index (κ3) is 4.57. The minimum Gasteiger partial charge on any atom is -0.338 e. The molecule has 1 aromatic heterocycles. The monoisotopic (exact) mass is 424 g/mol. The number of piperidine rings is 1. The molecule has 0 spiro atoms. The number of aromatic nitrogens is 1. The van der Waals surface area contributed by atoms with Gasteiger partial charge in [-0.25, -0.2) is 13.2 Å². The van der Waals surface area contributed by atoms with Crippen LogP contribution in [0.4, 0.5) is 10.7 Å². The zero-order chi connectivity index (χ0) is 20.4. The first-order chi connectivity index (χ1) is 13.9. The van der Waals surface area contributed by atoms with Crippen LogP contribution in [0.3, 0.4) is 0 Å². The molecular weight excluding hydrogens is 396 g/mol. The molecule has 2 aliphatic heterocycles. The number of anilines is 1. The summed E-state index contributed by atoms with van der Waals surface area (Å²) in [5, 5.41) is 6.88. The Balaban J connectivity index is 1.40. The maximum absolute atomic E-state index is 13.0. The van der Waals surface area contributed by atoms with Gasteiger partial charge < -0.3 is 14.3 Å². The molecule has 10 heteroatoms. The number of nitrogens with one attached hydrogen (secondary N) is 1. The maximum atomic E-state index is 13.0. The summed E-state index contributed by atoms with van der Waals surface area (Å²) in [6.07, 6.45) is 6.84. The van der Waals surface area contributed by atoms with Gasteiger partial charge in [0.05, 0.1) is 17.2 Å². The zero-order valence-electron chi connectivity index (χ0n) is 16.5. The third-order valence-corrected chi connectivity index (χ3v) is 7.82. The van der Waals surface area contributed by atoms with Crippen molar-refractivity contribution in [3.63, 3.8) is 0 Å². The van der Waals surface area contributed by atoms with Crippen LogP contribution in [0.15, 0.2) is 10.6 Å². The van der Waals surface area contributed by atoms with Gasteiger partial charge in [-0.05, 0) is 32.1 Å². The van der Waals surface area contributed by atoms with Gasteiger partial charge in [-0.3, -0.25) is 10.1 Å². The Bertz CT molecular complexity index is 848. The molecule has 1 N–H and O–H groups in total. The minimum absolute atomic E-state index is 0.0224. The van der Waals surface area contributed by atoms with Crippen molar-refractivity contribution in [2.45, 2.75) is 56.9 Å². The lowest BCUT2D eigenvalue weighted by Crippen LogP contribution is -2.56. The molecule has 2 saturated heterocycles. The summed E-state index contributed by atoms with van der Waals surface area (Å²) in [4.78, 5) is 29.0. The number of carbonyl (C=O) groups is 2. The molecule has 1 unspecified atom stereocenters. The van der Waals surface area contributed by atoms with E-state index in [1.165, 1.54) is 12.8 Å². The van der Waals surface area contributed by atoms with E-state index in [-0.39, 0.29) is 36.5 Å². The SMILES string of the molecule is O=C(Nc1cc(C2CCCC2)no1)C1CCCCN1C(=O)N1CCS(=O)(=O)CC1. The van der Waals surface area contributed by atoms with Crippen molar-refractivity contribution in [1.29, 1.82) is 0 Å². The summed E-state index contributed by atoms with van der Waals surface area (Å²) in [6.45, 7) is 0.849. The number of carbonyl (C=O) groups excluding carboxylic acids is 2. The van der Waals surface area contributed by atoms with Crippen LogP contribution in [0.1, 0.15) is 56.6 Å². The second-order valence-electron chi connectivity index (χ2n) is 8.21. The molecule has 3 heterocycles. The van der Waals surface area contributed by atoms with Gasteiger partial charge in [-0.1, -0.05) is 18.0 Å². The van der Waals surface area contributed by atoms with Gasteiger partial charge in [0.15, 0.2) is 9.84 Å². The molecule has 1 atom stereocenters. The number of likely N-dealkylation sites (tertiary alicyclic amines) is 1. The molecule has 4 rings (SSSR count). The zero-order valence-corrected chi connectivity index (χ0v) is 17.3. The molecular formula is C19H28N4O5S. The predicted octanol–water partition coefficient (Wildman–Crippen LogP) is 1.98. The second kappa shape index (κ2) is 8.33. The highest BCUT2D eigenvalue weighted by molar-refractivity contribution is 7.91. The average molecular weight is 425 g/mol. The Labute approximate surface area is 170 Å². The molecule has 0 aromatic carbocycles. The van der Waals surface area contributed by atoms with E-state index in [0.29, 0.717) is 24.8 Å². The van der Waals surface area contributed by atoms with Gasteiger partial charge >= 0.3 is 6.03 Å². The molecule has 160 valence electrons. The van der Waals surface area contributed by atoms with Crippen molar-refractivity contribution >= 4 is 27.7 Å². The summed E-state index contributed by atoms with van der Waals surface area (Å²) in [5.41, 5.74) is 0.879. The fourth-order valence-corrected chi connectivity index (χ4v) is 5.69. The van der Waals surface area contributed by atoms with E-state index in [1.54, 1.807) is 15.9 Å². The fraction of sp³-hybridized carbons (Fsp3) is 0.737. The fourth-order valence-electron chi connectivity index (χ4n) is 4.48. The molecule has 3 aliphatic rings. The molecule has 9 nitrogen and oxygen atoms in total. The predicted molar refractivity (Wildman–Crippen MR) is 106 cm³/mol. The van der Waals surface area contributed by atoms with E-state index in [9.17, 15) is 18.0 Å². The van der Waals surface area contributed by atoms with Gasteiger partial charge in [-0.15, -0.1) is 0 Å². The number of amides is 3. The number of hydrogen-bond donors (Lipinski definition) is 1. The minimum atomic E-state index is -3.07. The maximum Gasteiger partial charge on any atom is 0.320 e. The standard InChI is InChI=1S/C19H28N4O5S/c24-18(20-17-13-15(21-28-17)14-5-1-2-6-14)16-7-3-4-8-23(16)19(25)22-9-11-29(26,27)12-10-22/h13-14,16H,1-12H2,(H,20,24). The largest absolute Gasteiger partial charge is 0.338 e. The van der Waals surface area contributed by atoms with E-state index in [4.69, 9.17) is 4.52 Å².